The van der Waals surface area contributed by atoms with Gasteiger partial charge >= 0.3 is 0 Å². The van der Waals surface area contributed by atoms with E-state index in [0.29, 0.717) is 6.54 Å². The lowest BCUT2D eigenvalue weighted by Crippen LogP contribution is -2.26. The topological polar surface area (TPSA) is 66.5 Å². The molecule has 1 amide bonds. The summed E-state index contributed by atoms with van der Waals surface area (Å²) in [6, 6.07) is 4.14. The van der Waals surface area contributed by atoms with E-state index in [9.17, 15) is 13.2 Å². The Labute approximate surface area is 131 Å². The molecule has 0 aliphatic rings. The molecular formula is C14H21ClN2O3S. The van der Waals surface area contributed by atoms with Crippen molar-refractivity contribution in [1.82, 2.24) is 9.62 Å². The van der Waals surface area contributed by atoms with Gasteiger partial charge in [0.1, 0.15) is 0 Å². The first-order chi connectivity index (χ1) is 9.80. The van der Waals surface area contributed by atoms with Crippen molar-refractivity contribution in [2.24, 2.45) is 0 Å². The third-order valence-electron chi connectivity index (χ3n) is 3.03. The van der Waals surface area contributed by atoms with Crippen LogP contribution in [0, 0.1) is 0 Å². The predicted molar refractivity (Wildman–Crippen MR) is 84.2 cm³/mol. The summed E-state index contributed by atoms with van der Waals surface area (Å²) in [4.78, 5) is 12.1. The zero-order valence-corrected chi connectivity index (χ0v) is 14.1. The lowest BCUT2D eigenvalue weighted by atomic mass is 10.2. The quantitative estimate of drug-likeness (QED) is 0.780. The number of sulfonamides is 1. The van der Waals surface area contributed by atoms with Crippen LogP contribution >= 0.6 is 11.6 Å². The van der Waals surface area contributed by atoms with E-state index in [0.717, 1.165) is 23.6 Å². The average Bonchev–Trinajstić information content (AvgIpc) is 2.43. The van der Waals surface area contributed by atoms with Crippen LogP contribution in [0.4, 0.5) is 0 Å². The van der Waals surface area contributed by atoms with Gasteiger partial charge in [-0.2, -0.15) is 0 Å². The fraction of sp³-hybridized carbons (Fsp3) is 0.500. The van der Waals surface area contributed by atoms with Gasteiger partial charge in [-0.15, -0.1) is 0 Å². The average molecular weight is 333 g/mol. The van der Waals surface area contributed by atoms with Crippen LogP contribution in [0.3, 0.4) is 0 Å². The van der Waals surface area contributed by atoms with Crippen molar-refractivity contribution in [2.45, 2.75) is 31.1 Å². The number of amides is 1. The molecule has 1 aromatic carbocycles. The van der Waals surface area contributed by atoms with Crippen LogP contribution in [-0.2, 0) is 10.0 Å². The maximum Gasteiger partial charge on any atom is 0.252 e. The summed E-state index contributed by atoms with van der Waals surface area (Å²) in [6.45, 7) is 2.63. The van der Waals surface area contributed by atoms with Crippen LogP contribution in [0.15, 0.2) is 23.1 Å². The Morgan fingerprint density at radius 2 is 1.95 bits per heavy atom. The van der Waals surface area contributed by atoms with Crippen molar-refractivity contribution in [3.8, 4) is 0 Å². The second kappa shape index (κ2) is 7.77. The van der Waals surface area contributed by atoms with E-state index in [1.165, 1.54) is 32.3 Å². The fourth-order valence-corrected chi connectivity index (χ4v) is 2.85. The summed E-state index contributed by atoms with van der Waals surface area (Å²) in [6.07, 6.45) is 2.98. The van der Waals surface area contributed by atoms with Crippen molar-refractivity contribution >= 4 is 27.5 Å². The van der Waals surface area contributed by atoms with Gasteiger partial charge in [0.05, 0.1) is 15.5 Å². The van der Waals surface area contributed by atoms with Crippen molar-refractivity contribution < 1.29 is 13.2 Å². The van der Waals surface area contributed by atoms with Gasteiger partial charge in [0.2, 0.25) is 10.0 Å². The SMILES string of the molecule is CCCCCNC(=O)c1cc(S(=O)(=O)N(C)C)ccc1Cl. The zero-order chi connectivity index (χ0) is 16.0. The molecule has 0 aromatic heterocycles. The minimum absolute atomic E-state index is 0.0515. The highest BCUT2D eigenvalue weighted by molar-refractivity contribution is 7.89. The van der Waals surface area contributed by atoms with Gasteiger partial charge in [0, 0.05) is 20.6 Å². The van der Waals surface area contributed by atoms with E-state index < -0.39 is 10.0 Å². The van der Waals surface area contributed by atoms with Gasteiger partial charge in [-0.05, 0) is 24.6 Å². The molecule has 0 aliphatic carbocycles. The minimum atomic E-state index is -3.58. The molecule has 1 N–H and O–H groups in total. The number of carbonyl (C=O) groups is 1. The van der Waals surface area contributed by atoms with Gasteiger partial charge in [0.25, 0.3) is 5.91 Å². The van der Waals surface area contributed by atoms with E-state index in [2.05, 4.69) is 12.2 Å². The monoisotopic (exact) mass is 332 g/mol. The molecule has 118 valence electrons. The molecule has 0 saturated heterocycles. The summed E-state index contributed by atoms with van der Waals surface area (Å²) < 4.78 is 25.2. The maximum atomic E-state index is 12.1. The first-order valence-corrected chi connectivity index (χ1v) is 8.62. The number of nitrogens with zero attached hydrogens (tertiary/aromatic N) is 1. The molecule has 0 saturated carbocycles. The summed E-state index contributed by atoms with van der Waals surface area (Å²) in [5, 5.41) is 2.99. The Kier molecular flexibility index (Phi) is 6.64. The van der Waals surface area contributed by atoms with Crippen LogP contribution < -0.4 is 5.32 Å². The number of benzene rings is 1. The van der Waals surface area contributed by atoms with E-state index in [-0.39, 0.29) is 21.4 Å². The zero-order valence-electron chi connectivity index (χ0n) is 12.5. The maximum absolute atomic E-state index is 12.1. The van der Waals surface area contributed by atoms with Gasteiger partial charge in [-0.1, -0.05) is 31.4 Å². The number of hydrogen-bond acceptors (Lipinski definition) is 3. The van der Waals surface area contributed by atoms with Crippen LogP contribution in [0.2, 0.25) is 5.02 Å². The lowest BCUT2D eigenvalue weighted by molar-refractivity contribution is 0.0953. The molecule has 0 radical (unpaired) electrons. The molecule has 0 atom stereocenters. The Morgan fingerprint density at radius 1 is 1.29 bits per heavy atom. The molecule has 0 aliphatic heterocycles. The fourth-order valence-electron chi connectivity index (χ4n) is 1.72. The highest BCUT2D eigenvalue weighted by atomic mass is 35.5. The van der Waals surface area contributed by atoms with Crippen LogP contribution in [0.5, 0.6) is 0 Å². The highest BCUT2D eigenvalue weighted by Crippen LogP contribution is 2.22. The third-order valence-corrected chi connectivity index (χ3v) is 5.17. The van der Waals surface area contributed by atoms with Crippen LogP contribution in [0.25, 0.3) is 0 Å². The van der Waals surface area contributed by atoms with Gasteiger partial charge < -0.3 is 5.32 Å². The van der Waals surface area contributed by atoms with Crippen molar-refractivity contribution in [1.29, 1.82) is 0 Å². The molecule has 1 rings (SSSR count). The van der Waals surface area contributed by atoms with E-state index in [4.69, 9.17) is 11.6 Å². The molecule has 5 nitrogen and oxygen atoms in total. The standard InChI is InChI=1S/C14H21ClN2O3S/c1-4-5-6-9-16-14(18)12-10-11(7-8-13(12)15)21(19,20)17(2)3/h7-8,10H,4-6,9H2,1-3H3,(H,16,18). The largest absolute Gasteiger partial charge is 0.352 e. The van der Waals surface area contributed by atoms with E-state index in [1.807, 2.05) is 0 Å². The Bertz CT molecular complexity index is 600. The number of carbonyl (C=O) groups excluding carboxylic acids is 1. The summed E-state index contributed by atoms with van der Waals surface area (Å²) in [7, 11) is -0.706. The number of hydrogen-bond donors (Lipinski definition) is 1. The lowest BCUT2D eigenvalue weighted by Gasteiger charge is -2.13. The smallest absolute Gasteiger partial charge is 0.252 e. The number of rotatable bonds is 7. The second-order valence-corrected chi connectivity index (χ2v) is 7.45. The van der Waals surface area contributed by atoms with Crippen molar-refractivity contribution in [2.75, 3.05) is 20.6 Å². The van der Waals surface area contributed by atoms with E-state index in [1.54, 1.807) is 0 Å². The molecule has 0 unspecified atom stereocenters. The number of nitrogens with one attached hydrogen (secondary N) is 1. The molecule has 0 bridgehead atoms. The molecular weight excluding hydrogens is 312 g/mol. The number of halogens is 1. The van der Waals surface area contributed by atoms with E-state index >= 15 is 0 Å². The predicted octanol–water partition coefficient (Wildman–Crippen LogP) is 2.51. The van der Waals surface area contributed by atoms with Gasteiger partial charge in [0.15, 0.2) is 0 Å². The normalized spacial score (nSPS) is 11.7. The Balaban J connectivity index is 2.95. The van der Waals surface area contributed by atoms with Crippen LogP contribution in [-0.4, -0.2) is 39.3 Å². The first kappa shape index (κ1) is 17.9. The summed E-state index contributed by atoms with van der Waals surface area (Å²) in [5.41, 5.74) is 0.177. The molecule has 0 spiro atoms. The molecule has 1 aromatic rings. The van der Waals surface area contributed by atoms with Crippen molar-refractivity contribution in [3.63, 3.8) is 0 Å². The molecule has 0 fully saturated rings. The third kappa shape index (κ3) is 4.69. The second-order valence-electron chi connectivity index (χ2n) is 4.89. The summed E-state index contributed by atoms with van der Waals surface area (Å²) >= 11 is 5.99. The number of unbranched alkanes of at least 4 members (excludes halogenated alkanes) is 2. The highest BCUT2D eigenvalue weighted by Gasteiger charge is 2.20. The Hall–Kier alpha value is -1.11. The molecule has 0 heterocycles. The van der Waals surface area contributed by atoms with Crippen LogP contribution in [0.1, 0.15) is 36.5 Å². The first-order valence-electron chi connectivity index (χ1n) is 6.81. The minimum Gasteiger partial charge on any atom is -0.352 e. The molecule has 7 heteroatoms. The molecule has 21 heavy (non-hydrogen) atoms. The summed E-state index contributed by atoms with van der Waals surface area (Å²) in [5.74, 6) is -0.355. The Morgan fingerprint density at radius 3 is 2.52 bits per heavy atom. The van der Waals surface area contributed by atoms with Gasteiger partial charge in [-0.3, -0.25) is 4.79 Å². The van der Waals surface area contributed by atoms with Gasteiger partial charge in [-0.25, -0.2) is 12.7 Å². The van der Waals surface area contributed by atoms with Crippen molar-refractivity contribution in [3.05, 3.63) is 28.8 Å².